The molecule has 0 saturated carbocycles. The van der Waals surface area contributed by atoms with Gasteiger partial charge in [-0.05, 0) is 37.5 Å². The van der Waals surface area contributed by atoms with E-state index in [0.717, 1.165) is 24.3 Å². The summed E-state index contributed by atoms with van der Waals surface area (Å²) in [6.45, 7) is 13.8. The molecule has 1 heterocycles. The Morgan fingerprint density at radius 2 is 1.88 bits per heavy atom. The second-order valence-electron chi connectivity index (χ2n) is 6.27. The summed E-state index contributed by atoms with van der Waals surface area (Å²) in [5.74, 6) is 2.38. The Hall–Kier alpha value is -0.0800. The van der Waals surface area contributed by atoms with Gasteiger partial charge in [-0.15, -0.1) is 0 Å². The summed E-state index contributed by atoms with van der Waals surface area (Å²) in [4.78, 5) is 2.67. The standard InChI is InChI=1S/C14H30N2/c1-10(2)6-14(8-15)16-9-11(3)7-12(4)13(16)5/h10-14H,6-9,15H2,1-5H3. The molecule has 1 aliphatic heterocycles. The molecular weight excluding hydrogens is 196 g/mol. The van der Waals surface area contributed by atoms with Crippen molar-refractivity contribution in [3.05, 3.63) is 0 Å². The average Bonchev–Trinajstić information content (AvgIpc) is 2.20. The van der Waals surface area contributed by atoms with Crippen molar-refractivity contribution < 1.29 is 0 Å². The Morgan fingerprint density at radius 3 is 2.38 bits per heavy atom. The van der Waals surface area contributed by atoms with Crippen LogP contribution in [0.2, 0.25) is 0 Å². The van der Waals surface area contributed by atoms with Crippen LogP contribution in [-0.4, -0.2) is 30.1 Å². The summed E-state index contributed by atoms with van der Waals surface area (Å²) in [5.41, 5.74) is 5.96. The molecule has 1 aliphatic rings. The van der Waals surface area contributed by atoms with Gasteiger partial charge >= 0.3 is 0 Å². The molecule has 2 N–H and O–H groups in total. The van der Waals surface area contributed by atoms with Gasteiger partial charge in [-0.2, -0.15) is 0 Å². The van der Waals surface area contributed by atoms with Crippen LogP contribution in [0.25, 0.3) is 0 Å². The molecule has 2 nitrogen and oxygen atoms in total. The Kier molecular flexibility index (Phi) is 5.26. The van der Waals surface area contributed by atoms with Gasteiger partial charge < -0.3 is 5.73 Å². The van der Waals surface area contributed by atoms with Gasteiger partial charge in [-0.1, -0.05) is 27.7 Å². The summed E-state index contributed by atoms with van der Waals surface area (Å²) >= 11 is 0. The first-order valence-electron chi connectivity index (χ1n) is 6.91. The third kappa shape index (κ3) is 3.46. The third-order valence-corrected chi connectivity index (χ3v) is 4.13. The Morgan fingerprint density at radius 1 is 1.25 bits per heavy atom. The fourth-order valence-electron chi connectivity index (χ4n) is 3.15. The molecule has 0 aromatic carbocycles. The molecule has 0 aromatic rings. The summed E-state index contributed by atoms with van der Waals surface area (Å²) in [7, 11) is 0. The highest BCUT2D eigenvalue weighted by Crippen LogP contribution is 2.29. The van der Waals surface area contributed by atoms with Crippen molar-refractivity contribution >= 4 is 0 Å². The number of hydrogen-bond donors (Lipinski definition) is 1. The van der Waals surface area contributed by atoms with Gasteiger partial charge in [0.15, 0.2) is 0 Å². The number of nitrogens with two attached hydrogens (primary N) is 1. The lowest BCUT2D eigenvalue weighted by molar-refractivity contribution is 0.0354. The first-order valence-corrected chi connectivity index (χ1v) is 6.91. The number of hydrogen-bond acceptors (Lipinski definition) is 2. The van der Waals surface area contributed by atoms with Gasteiger partial charge in [0.05, 0.1) is 0 Å². The zero-order valence-corrected chi connectivity index (χ0v) is 11.7. The highest BCUT2D eigenvalue weighted by atomic mass is 15.2. The normalized spacial score (nSPS) is 34.3. The van der Waals surface area contributed by atoms with E-state index in [1.54, 1.807) is 0 Å². The molecule has 4 atom stereocenters. The van der Waals surface area contributed by atoms with Gasteiger partial charge in [0.1, 0.15) is 0 Å². The quantitative estimate of drug-likeness (QED) is 0.798. The second-order valence-corrected chi connectivity index (χ2v) is 6.27. The first kappa shape index (κ1) is 14.0. The fraction of sp³-hybridized carbons (Fsp3) is 1.00. The van der Waals surface area contributed by atoms with Crippen LogP contribution in [0.1, 0.15) is 47.5 Å². The molecule has 0 bridgehead atoms. The molecule has 0 spiro atoms. The van der Waals surface area contributed by atoms with E-state index in [4.69, 9.17) is 5.73 Å². The van der Waals surface area contributed by atoms with E-state index in [0.29, 0.717) is 12.1 Å². The van der Waals surface area contributed by atoms with Gasteiger partial charge in [0.2, 0.25) is 0 Å². The zero-order valence-electron chi connectivity index (χ0n) is 11.7. The molecule has 0 radical (unpaired) electrons. The lowest BCUT2D eigenvalue weighted by atomic mass is 9.84. The molecule has 0 amide bonds. The van der Waals surface area contributed by atoms with Gasteiger partial charge in [0.25, 0.3) is 0 Å². The molecular formula is C14H30N2. The largest absolute Gasteiger partial charge is 0.329 e. The molecule has 1 rings (SSSR count). The summed E-state index contributed by atoms with van der Waals surface area (Å²) < 4.78 is 0. The lowest BCUT2D eigenvalue weighted by Gasteiger charge is -2.45. The van der Waals surface area contributed by atoms with Gasteiger partial charge in [-0.3, -0.25) is 4.90 Å². The van der Waals surface area contributed by atoms with E-state index in [2.05, 4.69) is 39.5 Å². The maximum absolute atomic E-state index is 5.96. The van der Waals surface area contributed by atoms with E-state index in [9.17, 15) is 0 Å². The topological polar surface area (TPSA) is 29.3 Å². The van der Waals surface area contributed by atoms with Crippen LogP contribution in [0.5, 0.6) is 0 Å². The van der Waals surface area contributed by atoms with Crippen molar-refractivity contribution in [3.8, 4) is 0 Å². The van der Waals surface area contributed by atoms with Crippen LogP contribution in [0.3, 0.4) is 0 Å². The Labute approximate surface area is 102 Å². The smallest absolute Gasteiger partial charge is 0.0223 e. The maximum Gasteiger partial charge on any atom is 0.0223 e. The zero-order chi connectivity index (χ0) is 12.3. The second kappa shape index (κ2) is 6.02. The summed E-state index contributed by atoms with van der Waals surface area (Å²) in [6, 6.07) is 1.28. The van der Waals surface area contributed by atoms with E-state index >= 15 is 0 Å². The van der Waals surface area contributed by atoms with E-state index in [-0.39, 0.29) is 0 Å². The van der Waals surface area contributed by atoms with Crippen molar-refractivity contribution in [2.24, 2.45) is 23.5 Å². The molecule has 1 fully saturated rings. The number of likely N-dealkylation sites (tertiary alicyclic amines) is 1. The van der Waals surface area contributed by atoms with E-state index in [1.807, 2.05) is 0 Å². The third-order valence-electron chi connectivity index (χ3n) is 4.13. The molecule has 1 saturated heterocycles. The Balaban J connectivity index is 2.66. The van der Waals surface area contributed by atoms with Crippen LogP contribution in [0.4, 0.5) is 0 Å². The monoisotopic (exact) mass is 226 g/mol. The highest BCUT2D eigenvalue weighted by Gasteiger charge is 2.32. The van der Waals surface area contributed by atoms with Crippen LogP contribution in [0.15, 0.2) is 0 Å². The Bertz CT molecular complexity index is 203. The molecule has 96 valence electrons. The van der Waals surface area contributed by atoms with Crippen LogP contribution in [-0.2, 0) is 0 Å². The number of piperidine rings is 1. The van der Waals surface area contributed by atoms with Crippen molar-refractivity contribution in [2.45, 2.75) is 59.5 Å². The summed E-state index contributed by atoms with van der Waals surface area (Å²) in [6.07, 6.45) is 2.61. The van der Waals surface area contributed by atoms with Gasteiger partial charge in [0, 0.05) is 25.2 Å². The molecule has 2 heteroatoms. The van der Waals surface area contributed by atoms with Crippen LogP contribution < -0.4 is 5.73 Å². The number of rotatable bonds is 4. The predicted molar refractivity (Wildman–Crippen MR) is 71.4 cm³/mol. The average molecular weight is 226 g/mol. The van der Waals surface area contributed by atoms with Crippen molar-refractivity contribution in [3.63, 3.8) is 0 Å². The first-order chi connectivity index (χ1) is 7.45. The minimum atomic E-state index is 0.584. The molecule has 4 unspecified atom stereocenters. The minimum Gasteiger partial charge on any atom is -0.329 e. The van der Waals surface area contributed by atoms with Gasteiger partial charge in [-0.25, -0.2) is 0 Å². The van der Waals surface area contributed by atoms with Crippen molar-refractivity contribution in [2.75, 3.05) is 13.1 Å². The lowest BCUT2D eigenvalue weighted by Crippen LogP contribution is -2.53. The molecule has 0 aliphatic carbocycles. The van der Waals surface area contributed by atoms with Crippen molar-refractivity contribution in [1.82, 2.24) is 4.90 Å². The minimum absolute atomic E-state index is 0.584. The van der Waals surface area contributed by atoms with E-state index in [1.165, 1.54) is 19.4 Å². The molecule has 0 aromatic heterocycles. The van der Waals surface area contributed by atoms with Crippen LogP contribution >= 0.6 is 0 Å². The predicted octanol–water partition coefficient (Wildman–Crippen LogP) is 2.73. The summed E-state index contributed by atoms with van der Waals surface area (Å²) in [5, 5.41) is 0. The maximum atomic E-state index is 5.96. The number of nitrogens with zero attached hydrogens (tertiary/aromatic N) is 1. The van der Waals surface area contributed by atoms with Crippen LogP contribution in [0, 0.1) is 17.8 Å². The molecule has 16 heavy (non-hydrogen) atoms. The van der Waals surface area contributed by atoms with E-state index < -0.39 is 0 Å². The SMILES string of the molecule is CC(C)CC(CN)N1CC(C)CC(C)C1C. The fourth-order valence-corrected chi connectivity index (χ4v) is 3.15. The van der Waals surface area contributed by atoms with Crippen molar-refractivity contribution in [1.29, 1.82) is 0 Å². The highest BCUT2D eigenvalue weighted by molar-refractivity contribution is 4.87.